The summed E-state index contributed by atoms with van der Waals surface area (Å²) in [5.74, 6) is -0.187. The molecule has 0 spiro atoms. The van der Waals surface area contributed by atoms with Crippen LogP contribution in [0.4, 0.5) is 0 Å². The lowest BCUT2D eigenvalue weighted by Crippen LogP contribution is -2.33. The van der Waals surface area contributed by atoms with Crippen molar-refractivity contribution in [2.24, 2.45) is 0 Å². The first-order valence-corrected chi connectivity index (χ1v) is 12.3. The fourth-order valence-electron chi connectivity index (χ4n) is 3.72. The van der Waals surface area contributed by atoms with Crippen LogP contribution < -0.4 is 0 Å². The molecular weight excluding hydrogens is 426 g/mol. The average molecular weight is 454 g/mol. The molecule has 1 heterocycles. The van der Waals surface area contributed by atoms with Crippen LogP contribution in [0.25, 0.3) is 0 Å². The molecule has 2 aromatic carbocycles. The molecule has 1 saturated carbocycles. The Kier molecular flexibility index (Phi) is 6.72. The monoisotopic (exact) mass is 453 g/mol. The van der Waals surface area contributed by atoms with E-state index in [4.69, 9.17) is 4.74 Å². The Hall–Kier alpha value is -2.97. The van der Waals surface area contributed by atoms with Gasteiger partial charge in [-0.1, -0.05) is 48.5 Å². The normalized spacial score (nSPS) is 13.8. The first-order chi connectivity index (χ1) is 15.5. The van der Waals surface area contributed by atoms with E-state index >= 15 is 0 Å². The summed E-state index contributed by atoms with van der Waals surface area (Å²) in [7, 11) is -2.10. The van der Waals surface area contributed by atoms with Crippen molar-refractivity contribution < 1.29 is 17.9 Å². The number of hydrogen-bond acceptors (Lipinski definition) is 5. The van der Waals surface area contributed by atoms with Gasteiger partial charge < -0.3 is 14.2 Å². The molecule has 32 heavy (non-hydrogen) atoms. The molecule has 0 bridgehead atoms. The molecule has 8 heteroatoms. The first kappa shape index (κ1) is 22.2. The Balaban J connectivity index is 1.63. The molecule has 168 valence electrons. The second-order valence-corrected chi connectivity index (χ2v) is 9.83. The van der Waals surface area contributed by atoms with E-state index < -0.39 is 9.84 Å². The number of carbonyl (C=O) groups is 1. The highest BCUT2D eigenvalue weighted by atomic mass is 32.2. The zero-order valence-electron chi connectivity index (χ0n) is 18.1. The molecule has 0 unspecified atom stereocenters. The molecule has 0 N–H and O–H groups in total. The zero-order valence-corrected chi connectivity index (χ0v) is 18.9. The van der Waals surface area contributed by atoms with Crippen LogP contribution in [-0.4, -0.2) is 48.5 Å². The molecule has 1 aromatic heterocycles. The van der Waals surface area contributed by atoms with Gasteiger partial charge in [0.1, 0.15) is 0 Å². The summed E-state index contributed by atoms with van der Waals surface area (Å²) < 4.78 is 33.3. The maximum absolute atomic E-state index is 13.2. The van der Waals surface area contributed by atoms with Crippen LogP contribution in [0.2, 0.25) is 0 Å². The fraction of sp³-hybridized carbons (Fsp3) is 0.333. The lowest BCUT2D eigenvalue weighted by molar-refractivity contribution is 0.0724. The van der Waals surface area contributed by atoms with Gasteiger partial charge in [0.05, 0.1) is 30.8 Å². The largest absolute Gasteiger partial charge is 0.383 e. The van der Waals surface area contributed by atoms with Crippen molar-refractivity contribution in [1.29, 1.82) is 0 Å². The van der Waals surface area contributed by atoms with Crippen molar-refractivity contribution in [3.05, 3.63) is 83.7 Å². The first-order valence-electron chi connectivity index (χ1n) is 10.7. The van der Waals surface area contributed by atoms with Crippen LogP contribution in [0.1, 0.15) is 34.5 Å². The number of nitrogens with zero attached hydrogens (tertiary/aromatic N) is 3. The lowest BCUT2D eigenvalue weighted by Gasteiger charge is -2.23. The van der Waals surface area contributed by atoms with Crippen molar-refractivity contribution in [3.8, 4) is 0 Å². The van der Waals surface area contributed by atoms with Gasteiger partial charge in [-0.05, 0) is 30.5 Å². The van der Waals surface area contributed by atoms with E-state index in [2.05, 4.69) is 4.98 Å². The number of carbonyl (C=O) groups excluding carboxylic acids is 1. The van der Waals surface area contributed by atoms with E-state index in [1.54, 1.807) is 42.1 Å². The number of amides is 1. The fourth-order valence-corrected chi connectivity index (χ4v) is 5.24. The lowest BCUT2D eigenvalue weighted by atomic mass is 10.2. The summed E-state index contributed by atoms with van der Waals surface area (Å²) in [4.78, 5) is 19.3. The van der Waals surface area contributed by atoms with E-state index in [-0.39, 0.29) is 22.9 Å². The van der Waals surface area contributed by atoms with Gasteiger partial charge in [-0.15, -0.1) is 0 Å². The summed E-state index contributed by atoms with van der Waals surface area (Å²) in [5, 5.41) is 0.0105. The highest BCUT2D eigenvalue weighted by Gasteiger charge is 2.34. The summed E-state index contributed by atoms with van der Waals surface area (Å²) in [6, 6.07) is 18.4. The third-order valence-corrected chi connectivity index (χ3v) is 7.10. The summed E-state index contributed by atoms with van der Waals surface area (Å²) in [6.07, 6.45) is 3.47. The number of aromatic nitrogens is 2. The van der Waals surface area contributed by atoms with Crippen LogP contribution in [-0.2, 0) is 33.4 Å². The number of imidazole rings is 1. The van der Waals surface area contributed by atoms with Crippen molar-refractivity contribution in [2.75, 3.05) is 13.7 Å². The van der Waals surface area contributed by atoms with Crippen molar-refractivity contribution in [3.63, 3.8) is 0 Å². The minimum atomic E-state index is -3.67. The summed E-state index contributed by atoms with van der Waals surface area (Å²) in [5.41, 5.74) is 2.01. The Morgan fingerprint density at radius 2 is 1.75 bits per heavy atom. The predicted octanol–water partition coefficient (Wildman–Crippen LogP) is 3.31. The molecule has 0 saturated heterocycles. The molecule has 0 aliphatic heterocycles. The summed E-state index contributed by atoms with van der Waals surface area (Å²) >= 11 is 0. The second-order valence-electron chi connectivity index (χ2n) is 7.95. The smallest absolute Gasteiger partial charge is 0.254 e. The topological polar surface area (TPSA) is 81.5 Å². The number of hydrogen-bond donors (Lipinski definition) is 0. The Morgan fingerprint density at radius 1 is 1.09 bits per heavy atom. The molecule has 1 fully saturated rings. The van der Waals surface area contributed by atoms with E-state index in [1.165, 1.54) is 0 Å². The quantitative estimate of drug-likeness (QED) is 0.470. The van der Waals surface area contributed by atoms with E-state index in [9.17, 15) is 13.2 Å². The van der Waals surface area contributed by atoms with Crippen molar-refractivity contribution in [1.82, 2.24) is 14.5 Å². The third kappa shape index (κ3) is 5.08. The molecule has 7 nitrogen and oxygen atoms in total. The highest BCUT2D eigenvalue weighted by Crippen LogP contribution is 2.30. The van der Waals surface area contributed by atoms with E-state index in [0.717, 1.165) is 12.8 Å². The molecule has 1 aliphatic rings. The molecule has 0 atom stereocenters. The maximum atomic E-state index is 13.2. The van der Waals surface area contributed by atoms with Crippen LogP contribution in [0.3, 0.4) is 0 Å². The van der Waals surface area contributed by atoms with Gasteiger partial charge in [0.15, 0.2) is 0 Å². The zero-order chi connectivity index (χ0) is 22.6. The Labute approximate surface area is 188 Å². The number of benzene rings is 2. The minimum absolute atomic E-state index is 0.0105. The average Bonchev–Trinajstić information content (AvgIpc) is 3.56. The van der Waals surface area contributed by atoms with Crippen LogP contribution in [0.15, 0.2) is 72.0 Å². The molecule has 1 aliphatic carbocycles. The van der Waals surface area contributed by atoms with E-state index in [0.29, 0.717) is 36.5 Å². The van der Waals surface area contributed by atoms with Crippen molar-refractivity contribution >= 4 is 15.7 Å². The molecule has 1 amide bonds. The summed E-state index contributed by atoms with van der Waals surface area (Å²) in [6.45, 7) is 0.983. The Bertz CT molecular complexity index is 1160. The van der Waals surface area contributed by atoms with Crippen molar-refractivity contribution in [2.45, 2.75) is 42.9 Å². The number of ether oxygens (including phenoxy) is 1. The molecule has 3 aromatic rings. The standard InChI is InChI=1S/C24H27N3O4S/c1-31-15-14-26-22(16-25-24(26)32(29,30)18-19-8-4-2-5-9-19)17-27(21-12-13-21)23(28)20-10-6-3-7-11-20/h2-11,16,21H,12-15,17-18H2,1H3. The SMILES string of the molecule is COCCn1c(CN(C(=O)c2ccccc2)C2CC2)cnc1S(=O)(=O)Cc1ccccc1. The number of sulfone groups is 1. The van der Waals surface area contributed by atoms with Crippen LogP contribution >= 0.6 is 0 Å². The predicted molar refractivity (Wildman–Crippen MR) is 121 cm³/mol. The Morgan fingerprint density at radius 3 is 2.38 bits per heavy atom. The second kappa shape index (κ2) is 9.67. The minimum Gasteiger partial charge on any atom is -0.383 e. The number of methoxy groups -OCH3 is 1. The molecular formula is C24H27N3O4S. The van der Waals surface area contributed by atoms with Gasteiger partial charge in [-0.2, -0.15) is 0 Å². The van der Waals surface area contributed by atoms with Gasteiger partial charge in [0.2, 0.25) is 15.0 Å². The van der Waals surface area contributed by atoms with E-state index in [1.807, 2.05) is 41.3 Å². The maximum Gasteiger partial charge on any atom is 0.254 e. The van der Waals surface area contributed by atoms with Gasteiger partial charge in [0, 0.05) is 25.3 Å². The third-order valence-electron chi connectivity index (χ3n) is 5.50. The molecule has 0 radical (unpaired) electrons. The van der Waals surface area contributed by atoms with Gasteiger partial charge in [-0.3, -0.25) is 4.79 Å². The molecule has 4 rings (SSSR count). The van der Waals surface area contributed by atoms with Gasteiger partial charge >= 0.3 is 0 Å². The highest BCUT2D eigenvalue weighted by molar-refractivity contribution is 7.90. The van der Waals surface area contributed by atoms with Crippen LogP contribution in [0, 0.1) is 0 Å². The van der Waals surface area contributed by atoms with Crippen LogP contribution in [0.5, 0.6) is 0 Å². The number of rotatable bonds is 10. The van der Waals surface area contributed by atoms with Gasteiger partial charge in [-0.25, -0.2) is 13.4 Å². The van der Waals surface area contributed by atoms with Gasteiger partial charge in [0.25, 0.3) is 5.91 Å².